The number of benzene rings is 1. The van der Waals surface area contributed by atoms with E-state index in [4.69, 9.17) is 5.73 Å². The van der Waals surface area contributed by atoms with E-state index in [0.717, 1.165) is 42.3 Å². The molecule has 7 heteroatoms. The molecule has 0 fully saturated rings. The average molecular weight is 370 g/mol. The minimum absolute atomic E-state index is 0.115. The van der Waals surface area contributed by atoms with Crippen LogP contribution in [0.25, 0.3) is 10.2 Å². The van der Waals surface area contributed by atoms with Crippen molar-refractivity contribution in [3.8, 4) is 0 Å². The van der Waals surface area contributed by atoms with Crippen molar-refractivity contribution in [2.75, 3.05) is 5.73 Å². The number of thiophene rings is 1. The minimum Gasteiger partial charge on any atom is -0.397 e. The van der Waals surface area contributed by atoms with Gasteiger partial charge in [-0.3, -0.25) is 4.79 Å². The van der Waals surface area contributed by atoms with Gasteiger partial charge in [0.25, 0.3) is 5.91 Å². The maximum Gasteiger partial charge on any atom is 0.263 e. The molecule has 134 valence electrons. The number of hydrogen-bond acceptors (Lipinski definition) is 5. The Bertz CT molecular complexity index is 1010. The predicted molar refractivity (Wildman–Crippen MR) is 101 cm³/mol. The van der Waals surface area contributed by atoms with Crippen LogP contribution in [0.4, 0.5) is 10.1 Å². The van der Waals surface area contributed by atoms with Gasteiger partial charge in [0.2, 0.25) is 0 Å². The average Bonchev–Trinajstić information content (AvgIpc) is 3.00. The van der Waals surface area contributed by atoms with Gasteiger partial charge in [0.1, 0.15) is 15.5 Å². The molecule has 0 spiro atoms. The fourth-order valence-electron chi connectivity index (χ4n) is 3.44. The van der Waals surface area contributed by atoms with Gasteiger partial charge in [-0.15, -0.1) is 16.4 Å². The maximum absolute atomic E-state index is 14.1. The number of amides is 1. The molecule has 4 rings (SSSR count). The van der Waals surface area contributed by atoms with Crippen molar-refractivity contribution >= 4 is 33.1 Å². The Morgan fingerprint density at radius 3 is 2.96 bits per heavy atom. The molecule has 3 aromatic rings. The van der Waals surface area contributed by atoms with Crippen LogP contribution in [0, 0.1) is 12.7 Å². The summed E-state index contributed by atoms with van der Waals surface area (Å²) in [6, 6.07) is 5.14. The summed E-state index contributed by atoms with van der Waals surface area (Å²) in [5, 5.41) is 12.2. The number of carbonyl (C=O) groups excluding carboxylic acids is 1. The Morgan fingerprint density at radius 2 is 2.12 bits per heavy atom. The van der Waals surface area contributed by atoms with Crippen LogP contribution in [0.5, 0.6) is 0 Å². The molecule has 0 atom stereocenters. The van der Waals surface area contributed by atoms with E-state index >= 15 is 0 Å². The number of aromatic nitrogens is 2. The van der Waals surface area contributed by atoms with Gasteiger partial charge < -0.3 is 11.1 Å². The number of anilines is 1. The second-order valence-corrected chi connectivity index (χ2v) is 7.59. The lowest BCUT2D eigenvalue weighted by Gasteiger charge is -2.14. The molecule has 1 aliphatic rings. The third-order valence-corrected chi connectivity index (χ3v) is 5.93. The van der Waals surface area contributed by atoms with Crippen LogP contribution < -0.4 is 11.1 Å². The molecule has 0 saturated carbocycles. The number of fused-ring (bicyclic) bond motifs is 3. The zero-order valence-electron chi connectivity index (χ0n) is 14.4. The first-order valence-electron chi connectivity index (χ1n) is 8.65. The van der Waals surface area contributed by atoms with Crippen LogP contribution in [-0.4, -0.2) is 16.1 Å². The summed E-state index contributed by atoms with van der Waals surface area (Å²) in [4.78, 5) is 13.7. The van der Waals surface area contributed by atoms with Crippen molar-refractivity contribution in [1.82, 2.24) is 15.5 Å². The first-order chi connectivity index (χ1) is 12.6. The number of halogens is 1. The van der Waals surface area contributed by atoms with Crippen molar-refractivity contribution in [1.29, 1.82) is 0 Å². The lowest BCUT2D eigenvalue weighted by atomic mass is 9.94. The van der Waals surface area contributed by atoms with Crippen LogP contribution in [0.2, 0.25) is 0 Å². The monoisotopic (exact) mass is 370 g/mol. The molecule has 3 N–H and O–H groups in total. The standard InChI is InChI=1S/C19H19FN4OS/c1-10-5-4-6-11(15(10)20)9-22-18(25)17-16(21)14-12-7-2-3-8-13(12)23-24-19(14)26-17/h4-6H,2-3,7-9,21H2,1H3,(H,22,25). The quantitative estimate of drug-likeness (QED) is 0.739. The van der Waals surface area contributed by atoms with Crippen LogP contribution in [0.3, 0.4) is 0 Å². The van der Waals surface area contributed by atoms with E-state index in [0.29, 0.717) is 26.5 Å². The van der Waals surface area contributed by atoms with Crippen molar-refractivity contribution in [2.24, 2.45) is 0 Å². The highest BCUT2D eigenvalue weighted by Crippen LogP contribution is 2.37. The third kappa shape index (κ3) is 2.82. The van der Waals surface area contributed by atoms with E-state index in [2.05, 4.69) is 15.5 Å². The van der Waals surface area contributed by atoms with Gasteiger partial charge in [-0.2, -0.15) is 5.10 Å². The maximum atomic E-state index is 14.1. The molecule has 0 aliphatic heterocycles. The Hall–Kier alpha value is -2.54. The highest BCUT2D eigenvalue weighted by atomic mass is 32.1. The van der Waals surface area contributed by atoms with Gasteiger partial charge in [0, 0.05) is 17.5 Å². The number of nitrogens with two attached hydrogens (primary N) is 1. The first-order valence-corrected chi connectivity index (χ1v) is 9.46. The predicted octanol–water partition coefficient (Wildman–Crippen LogP) is 3.53. The number of nitrogens with one attached hydrogen (secondary N) is 1. The molecular formula is C19H19FN4OS. The van der Waals surface area contributed by atoms with Gasteiger partial charge in [0.15, 0.2) is 0 Å². The second-order valence-electron chi connectivity index (χ2n) is 6.59. The summed E-state index contributed by atoms with van der Waals surface area (Å²) in [7, 11) is 0. The number of nitrogens with zero attached hydrogens (tertiary/aromatic N) is 2. The Balaban J connectivity index is 1.63. The fourth-order valence-corrected chi connectivity index (χ4v) is 4.42. The molecule has 0 saturated heterocycles. The molecule has 1 aliphatic carbocycles. The lowest BCUT2D eigenvalue weighted by Crippen LogP contribution is -2.23. The summed E-state index contributed by atoms with van der Waals surface area (Å²) in [6.45, 7) is 1.82. The van der Waals surface area contributed by atoms with E-state index in [1.807, 2.05) is 0 Å². The normalized spacial score (nSPS) is 13.6. The summed E-state index contributed by atoms with van der Waals surface area (Å²) >= 11 is 1.24. The largest absolute Gasteiger partial charge is 0.397 e. The highest BCUT2D eigenvalue weighted by Gasteiger charge is 2.23. The summed E-state index contributed by atoms with van der Waals surface area (Å²) < 4.78 is 14.1. The van der Waals surface area contributed by atoms with E-state index in [1.165, 1.54) is 11.3 Å². The topological polar surface area (TPSA) is 80.9 Å². The van der Waals surface area contributed by atoms with Crippen molar-refractivity contribution in [3.63, 3.8) is 0 Å². The lowest BCUT2D eigenvalue weighted by molar-refractivity contribution is 0.0955. The molecule has 0 bridgehead atoms. The summed E-state index contributed by atoms with van der Waals surface area (Å²) in [5.74, 6) is -0.604. The van der Waals surface area contributed by atoms with Gasteiger partial charge in [-0.25, -0.2) is 4.39 Å². The first kappa shape index (κ1) is 16.9. The zero-order chi connectivity index (χ0) is 18.3. The van der Waals surface area contributed by atoms with Gasteiger partial charge in [0.05, 0.1) is 11.4 Å². The molecule has 0 radical (unpaired) electrons. The van der Waals surface area contributed by atoms with Crippen molar-refractivity contribution in [3.05, 3.63) is 51.3 Å². The molecule has 2 aromatic heterocycles. The van der Waals surface area contributed by atoms with Crippen LogP contribution in [0.15, 0.2) is 18.2 Å². The molecular weight excluding hydrogens is 351 g/mol. The smallest absolute Gasteiger partial charge is 0.263 e. The van der Waals surface area contributed by atoms with Crippen molar-refractivity contribution < 1.29 is 9.18 Å². The zero-order valence-corrected chi connectivity index (χ0v) is 15.3. The third-order valence-electron chi connectivity index (χ3n) is 4.85. The van der Waals surface area contributed by atoms with Gasteiger partial charge in [-0.1, -0.05) is 18.2 Å². The molecule has 5 nitrogen and oxygen atoms in total. The Kier molecular flexibility index (Phi) is 4.32. The van der Waals surface area contributed by atoms with Crippen LogP contribution in [0.1, 0.15) is 44.9 Å². The Morgan fingerprint density at radius 1 is 1.31 bits per heavy atom. The van der Waals surface area contributed by atoms with Gasteiger partial charge >= 0.3 is 0 Å². The fraction of sp³-hybridized carbons (Fsp3) is 0.316. The second kappa shape index (κ2) is 6.64. The number of carbonyl (C=O) groups is 1. The van der Waals surface area contributed by atoms with Gasteiger partial charge in [-0.05, 0) is 43.7 Å². The number of aryl methyl sites for hydroxylation is 3. The molecule has 1 amide bonds. The van der Waals surface area contributed by atoms with Crippen LogP contribution >= 0.6 is 11.3 Å². The van der Waals surface area contributed by atoms with Crippen LogP contribution in [-0.2, 0) is 19.4 Å². The number of hydrogen-bond donors (Lipinski definition) is 2. The molecule has 1 aromatic carbocycles. The number of rotatable bonds is 3. The molecule has 0 unspecified atom stereocenters. The summed E-state index contributed by atoms with van der Waals surface area (Å²) in [5.41, 5.74) is 9.87. The highest BCUT2D eigenvalue weighted by molar-refractivity contribution is 7.21. The Labute approximate surface area is 154 Å². The van der Waals surface area contributed by atoms with E-state index in [-0.39, 0.29) is 18.3 Å². The SMILES string of the molecule is Cc1cccc(CNC(=O)c2sc3nnc4c(c3c2N)CCCC4)c1F. The van der Waals surface area contributed by atoms with Crippen molar-refractivity contribution in [2.45, 2.75) is 39.2 Å². The van der Waals surface area contributed by atoms with E-state index < -0.39 is 0 Å². The summed E-state index contributed by atoms with van der Waals surface area (Å²) in [6.07, 6.45) is 4.02. The molecule has 2 heterocycles. The minimum atomic E-state index is -0.309. The number of nitrogen functional groups attached to an aromatic ring is 1. The molecule has 26 heavy (non-hydrogen) atoms. The van der Waals surface area contributed by atoms with E-state index in [1.54, 1.807) is 25.1 Å². The van der Waals surface area contributed by atoms with E-state index in [9.17, 15) is 9.18 Å².